The van der Waals surface area contributed by atoms with Crippen molar-refractivity contribution in [1.82, 2.24) is 24.8 Å². The fourth-order valence-corrected chi connectivity index (χ4v) is 5.45. The second-order valence-corrected chi connectivity index (χ2v) is 9.96. The Bertz CT molecular complexity index is 1360. The van der Waals surface area contributed by atoms with Crippen LogP contribution in [-0.2, 0) is 19.0 Å². The maximum Gasteiger partial charge on any atom is 0.320 e. The predicted molar refractivity (Wildman–Crippen MR) is 140 cm³/mol. The lowest BCUT2D eigenvalue weighted by atomic mass is 10.1. The number of aliphatic carboxylic acids is 1. The van der Waals surface area contributed by atoms with Gasteiger partial charge in [0.25, 0.3) is 0 Å². The average Bonchev–Trinajstić information content (AvgIpc) is 3.72. The van der Waals surface area contributed by atoms with Crippen molar-refractivity contribution in [3.8, 4) is 0 Å². The second kappa shape index (κ2) is 11.1. The van der Waals surface area contributed by atoms with Crippen LogP contribution >= 0.6 is 0 Å². The van der Waals surface area contributed by atoms with Gasteiger partial charge in [-0.2, -0.15) is 0 Å². The maximum atomic E-state index is 12.6. The van der Waals surface area contributed by atoms with Gasteiger partial charge in [0.15, 0.2) is 29.5 Å². The minimum atomic E-state index is -0.912. The Hall–Kier alpha value is -3.87. The van der Waals surface area contributed by atoms with E-state index in [0.717, 1.165) is 31.2 Å². The van der Waals surface area contributed by atoms with Crippen molar-refractivity contribution >= 4 is 35.1 Å². The van der Waals surface area contributed by atoms with E-state index in [4.69, 9.17) is 14.2 Å². The van der Waals surface area contributed by atoms with Gasteiger partial charge in [0.1, 0.15) is 18.5 Å². The summed E-state index contributed by atoms with van der Waals surface area (Å²) in [6.45, 7) is 0. The monoisotopic (exact) mass is 534 g/mol. The summed E-state index contributed by atoms with van der Waals surface area (Å²) in [6.07, 6.45) is 8.24. The Morgan fingerprint density at radius 3 is 2.64 bits per heavy atom. The van der Waals surface area contributed by atoms with Crippen LogP contribution in [0.1, 0.15) is 50.3 Å². The first kappa shape index (κ1) is 25.4. The summed E-state index contributed by atoms with van der Waals surface area (Å²) in [5.74, 6) is -0.621. The van der Waals surface area contributed by atoms with E-state index in [1.54, 1.807) is 10.9 Å². The molecule has 0 radical (unpaired) electrons. The number of hydrogen-bond acceptors (Lipinski definition) is 8. The van der Waals surface area contributed by atoms with E-state index in [1.807, 2.05) is 42.5 Å². The molecule has 0 spiro atoms. The van der Waals surface area contributed by atoms with Gasteiger partial charge in [-0.1, -0.05) is 49.2 Å². The summed E-state index contributed by atoms with van der Waals surface area (Å²) < 4.78 is 20.4. The smallest absolute Gasteiger partial charge is 0.320 e. The van der Waals surface area contributed by atoms with E-state index in [1.165, 1.54) is 6.33 Å². The molecular weight excluding hydrogens is 504 g/mol. The molecule has 39 heavy (non-hydrogen) atoms. The molecule has 6 rings (SSSR count). The van der Waals surface area contributed by atoms with Crippen molar-refractivity contribution in [2.24, 2.45) is 0 Å². The van der Waals surface area contributed by atoms with E-state index in [0.29, 0.717) is 17.0 Å². The lowest BCUT2D eigenvalue weighted by Crippen LogP contribution is -2.36. The quantitative estimate of drug-likeness (QED) is 0.395. The number of urea groups is 1. The first-order valence-corrected chi connectivity index (χ1v) is 13.2. The number of carbonyl (C=O) groups is 2. The van der Waals surface area contributed by atoms with Gasteiger partial charge >= 0.3 is 12.0 Å². The van der Waals surface area contributed by atoms with Crippen LogP contribution in [0.5, 0.6) is 0 Å². The molecule has 4 heterocycles. The van der Waals surface area contributed by atoms with Gasteiger partial charge in [-0.05, 0) is 30.9 Å². The van der Waals surface area contributed by atoms with Crippen molar-refractivity contribution in [3.63, 3.8) is 0 Å². The average molecular weight is 535 g/mol. The number of nitrogens with zero attached hydrogens (tertiary/aromatic N) is 4. The van der Waals surface area contributed by atoms with Crippen LogP contribution in [-0.4, -0.2) is 67.3 Å². The summed E-state index contributed by atoms with van der Waals surface area (Å²) in [4.78, 5) is 36.9. The van der Waals surface area contributed by atoms with Crippen LogP contribution in [0.2, 0.25) is 0 Å². The number of imidazole rings is 1. The molecule has 3 fully saturated rings. The number of anilines is 1. The van der Waals surface area contributed by atoms with Gasteiger partial charge in [0.2, 0.25) is 0 Å². The number of benzene rings is 1. The number of ether oxygens (including phenoxy) is 3. The number of carboxylic acids is 1. The Morgan fingerprint density at radius 2 is 1.85 bits per heavy atom. The highest BCUT2D eigenvalue weighted by atomic mass is 16.8. The number of nitrogens with one attached hydrogen (secondary N) is 2. The molecule has 3 aliphatic rings. The molecular formula is C27H30N6O6. The fourth-order valence-electron chi connectivity index (χ4n) is 5.45. The predicted octanol–water partition coefficient (Wildman–Crippen LogP) is 3.48. The van der Waals surface area contributed by atoms with Crippen molar-refractivity contribution < 1.29 is 28.9 Å². The lowest BCUT2D eigenvalue weighted by Gasteiger charge is -2.20. The van der Waals surface area contributed by atoms with Gasteiger partial charge < -0.3 is 24.6 Å². The third-order valence-electron chi connectivity index (χ3n) is 7.31. The number of hydrogen-bond donors (Lipinski definition) is 3. The molecule has 12 heteroatoms. The fraction of sp³-hybridized carbons (Fsp3) is 0.444. The summed E-state index contributed by atoms with van der Waals surface area (Å²) in [7, 11) is 0. The largest absolute Gasteiger partial charge is 0.481 e. The summed E-state index contributed by atoms with van der Waals surface area (Å²) >= 11 is 0. The Kier molecular flexibility index (Phi) is 7.22. The number of fused-ring (bicyclic) bond motifs is 2. The minimum absolute atomic E-state index is 0.0640. The maximum absolute atomic E-state index is 12.6. The molecule has 1 unspecified atom stereocenters. The van der Waals surface area contributed by atoms with Crippen molar-refractivity contribution in [2.75, 3.05) is 5.32 Å². The summed E-state index contributed by atoms with van der Waals surface area (Å²) in [5.41, 5.74) is 1.87. The van der Waals surface area contributed by atoms with Gasteiger partial charge in [-0.3, -0.25) is 14.7 Å². The normalized spacial score (nSPS) is 26.8. The number of carboxylic acid groups (broad SMARTS) is 1. The molecule has 1 aliphatic carbocycles. The first-order chi connectivity index (χ1) is 19.0. The SMILES string of the molecule is O=C(O)CC[C@H]1O[C@@H](n2cnc3c(NC(=O)NC4CCCC4)ncnc32)C2O[C@H](/C=C/c3ccccc3)O[C@H]21. The number of carbonyl (C=O) groups excluding carboxylic acids is 1. The van der Waals surface area contributed by atoms with E-state index < -0.39 is 36.8 Å². The standard InChI is InChI=1S/C27H30N6O6/c34-19(35)12-11-18-22-23(39-20(38-22)13-10-16-6-2-1-3-7-16)26(37-18)33-15-30-21-24(28-14-29-25(21)33)32-27(36)31-17-8-4-5-9-17/h1-3,6-7,10,13-15,17-18,20,22-23,26H,4-5,8-9,11-12H2,(H,34,35)(H2,28,29,31,32,36)/b13-10+/t18-,20-,22+,23?,26-/m1/s1. The highest BCUT2D eigenvalue weighted by molar-refractivity contribution is 5.96. The van der Waals surface area contributed by atoms with Gasteiger partial charge in [-0.25, -0.2) is 19.7 Å². The van der Waals surface area contributed by atoms with E-state index in [2.05, 4.69) is 25.6 Å². The van der Waals surface area contributed by atoms with E-state index in [-0.39, 0.29) is 24.9 Å². The van der Waals surface area contributed by atoms with Crippen molar-refractivity contribution in [2.45, 2.75) is 75.4 Å². The Labute approximate surface area is 224 Å². The zero-order valence-electron chi connectivity index (χ0n) is 21.2. The molecule has 204 valence electrons. The molecule has 12 nitrogen and oxygen atoms in total. The topological polar surface area (TPSA) is 150 Å². The molecule has 5 atom stereocenters. The van der Waals surface area contributed by atoms with Crippen molar-refractivity contribution in [1.29, 1.82) is 0 Å². The molecule has 1 saturated carbocycles. The van der Waals surface area contributed by atoms with E-state index >= 15 is 0 Å². The molecule has 3 N–H and O–H groups in total. The zero-order chi connectivity index (χ0) is 26.8. The highest BCUT2D eigenvalue weighted by Crippen LogP contribution is 2.42. The first-order valence-electron chi connectivity index (χ1n) is 13.2. The molecule has 0 bridgehead atoms. The van der Waals surface area contributed by atoms with Crippen LogP contribution in [0.25, 0.3) is 17.2 Å². The van der Waals surface area contributed by atoms with Gasteiger partial charge in [-0.15, -0.1) is 0 Å². The molecule has 2 aromatic heterocycles. The molecule has 1 aromatic carbocycles. The number of aromatic nitrogens is 4. The summed E-state index contributed by atoms with van der Waals surface area (Å²) in [6, 6.07) is 9.63. The molecule has 2 amide bonds. The minimum Gasteiger partial charge on any atom is -0.481 e. The lowest BCUT2D eigenvalue weighted by molar-refractivity contribution is -0.141. The van der Waals surface area contributed by atoms with Crippen LogP contribution in [0.15, 0.2) is 49.1 Å². The van der Waals surface area contributed by atoms with Crippen molar-refractivity contribution in [3.05, 3.63) is 54.6 Å². The van der Waals surface area contributed by atoms with E-state index in [9.17, 15) is 14.7 Å². The third-order valence-corrected chi connectivity index (χ3v) is 7.31. The van der Waals surface area contributed by atoms with Crippen LogP contribution in [0, 0.1) is 0 Å². The number of amides is 2. The van der Waals surface area contributed by atoms with Gasteiger partial charge in [0.05, 0.1) is 12.4 Å². The molecule has 2 aliphatic heterocycles. The van der Waals surface area contributed by atoms with Crippen LogP contribution in [0.4, 0.5) is 10.6 Å². The number of rotatable bonds is 8. The van der Waals surface area contributed by atoms with Gasteiger partial charge in [0, 0.05) is 12.5 Å². The van der Waals surface area contributed by atoms with Crippen LogP contribution < -0.4 is 10.6 Å². The molecule has 3 aromatic rings. The zero-order valence-corrected chi connectivity index (χ0v) is 21.2. The third kappa shape index (κ3) is 5.49. The summed E-state index contributed by atoms with van der Waals surface area (Å²) in [5, 5.41) is 15.0. The second-order valence-electron chi connectivity index (χ2n) is 9.96. The Morgan fingerprint density at radius 1 is 1.05 bits per heavy atom. The Balaban J connectivity index is 1.23. The molecule has 2 saturated heterocycles. The van der Waals surface area contributed by atoms with Crippen LogP contribution in [0.3, 0.4) is 0 Å². The highest BCUT2D eigenvalue weighted by Gasteiger charge is 2.53.